The summed E-state index contributed by atoms with van der Waals surface area (Å²) in [6.45, 7) is 0.770. The predicted octanol–water partition coefficient (Wildman–Crippen LogP) is 0.218. The van der Waals surface area contributed by atoms with E-state index < -0.39 is 0 Å². The lowest BCUT2D eigenvalue weighted by molar-refractivity contribution is -0.121. The van der Waals surface area contributed by atoms with E-state index in [-0.39, 0.29) is 5.91 Å². The van der Waals surface area contributed by atoms with Crippen molar-refractivity contribution in [3.8, 4) is 0 Å². The first-order chi connectivity index (χ1) is 5.83. The highest BCUT2D eigenvalue weighted by Gasteiger charge is 2.16. The smallest absolute Gasteiger partial charge is 0.221 e. The van der Waals surface area contributed by atoms with Crippen molar-refractivity contribution < 1.29 is 4.79 Å². The SMILES string of the molecule is CNCCC(=O)NC1CCSC1. The Morgan fingerprint density at radius 2 is 2.50 bits per heavy atom. The first kappa shape index (κ1) is 9.86. The van der Waals surface area contributed by atoms with Gasteiger partial charge in [0.15, 0.2) is 0 Å². The van der Waals surface area contributed by atoms with Gasteiger partial charge in [-0.15, -0.1) is 0 Å². The van der Waals surface area contributed by atoms with Crippen LogP contribution in [-0.4, -0.2) is 37.0 Å². The summed E-state index contributed by atoms with van der Waals surface area (Å²) in [4.78, 5) is 11.2. The maximum atomic E-state index is 11.2. The maximum absolute atomic E-state index is 11.2. The first-order valence-corrected chi connectivity index (χ1v) is 5.50. The van der Waals surface area contributed by atoms with E-state index in [9.17, 15) is 4.79 Å². The van der Waals surface area contributed by atoms with Crippen LogP contribution in [0.25, 0.3) is 0 Å². The summed E-state index contributed by atoms with van der Waals surface area (Å²) in [7, 11) is 1.86. The Morgan fingerprint density at radius 1 is 1.67 bits per heavy atom. The van der Waals surface area contributed by atoms with Gasteiger partial charge in [0.25, 0.3) is 0 Å². The van der Waals surface area contributed by atoms with Gasteiger partial charge in [0.2, 0.25) is 5.91 Å². The fourth-order valence-electron chi connectivity index (χ4n) is 1.19. The molecule has 1 rings (SSSR count). The molecule has 1 unspecified atom stereocenters. The van der Waals surface area contributed by atoms with Crippen molar-refractivity contribution in [3.63, 3.8) is 0 Å². The second-order valence-corrected chi connectivity index (χ2v) is 4.13. The van der Waals surface area contributed by atoms with Crippen LogP contribution < -0.4 is 10.6 Å². The molecular weight excluding hydrogens is 172 g/mol. The Bertz CT molecular complexity index is 146. The molecule has 0 aromatic rings. The highest BCUT2D eigenvalue weighted by Crippen LogP contribution is 2.16. The van der Waals surface area contributed by atoms with Crippen LogP contribution in [0.1, 0.15) is 12.8 Å². The molecule has 1 saturated heterocycles. The first-order valence-electron chi connectivity index (χ1n) is 4.34. The molecule has 0 radical (unpaired) electrons. The monoisotopic (exact) mass is 188 g/mol. The third-order valence-corrected chi connectivity index (χ3v) is 3.06. The molecule has 1 aliphatic rings. The van der Waals surface area contributed by atoms with Crippen molar-refractivity contribution in [1.29, 1.82) is 0 Å². The van der Waals surface area contributed by atoms with E-state index in [1.165, 1.54) is 5.75 Å². The van der Waals surface area contributed by atoms with Crippen molar-refractivity contribution in [2.75, 3.05) is 25.1 Å². The zero-order valence-electron chi connectivity index (χ0n) is 7.43. The molecule has 1 fully saturated rings. The van der Waals surface area contributed by atoms with Gasteiger partial charge in [0, 0.05) is 24.8 Å². The summed E-state index contributed by atoms with van der Waals surface area (Å²) in [5.74, 6) is 2.46. The molecule has 1 heterocycles. The topological polar surface area (TPSA) is 41.1 Å². The standard InChI is InChI=1S/C8H16N2OS/c1-9-4-2-8(11)10-7-3-5-12-6-7/h7,9H,2-6H2,1H3,(H,10,11). The largest absolute Gasteiger partial charge is 0.352 e. The second-order valence-electron chi connectivity index (χ2n) is 2.98. The molecule has 0 aliphatic carbocycles. The number of rotatable bonds is 4. The normalized spacial score (nSPS) is 22.6. The van der Waals surface area contributed by atoms with Gasteiger partial charge in [-0.05, 0) is 19.2 Å². The van der Waals surface area contributed by atoms with Gasteiger partial charge in [-0.25, -0.2) is 0 Å². The second kappa shape index (κ2) is 5.43. The van der Waals surface area contributed by atoms with E-state index in [1.807, 2.05) is 18.8 Å². The van der Waals surface area contributed by atoms with Gasteiger partial charge < -0.3 is 10.6 Å². The summed E-state index contributed by atoms with van der Waals surface area (Å²) in [5.41, 5.74) is 0. The summed E-state index contributed by atoms with van der Waals surface area (Å²) in [5, 5.41) is 5.97. The van der Waals surface area contributed by atoms with Crippen LogP contribution in [0.15, 0.2) is 0 Å². The number of carbonyl (C=O) groups is 1. The molecule has 12 heavy (non-hydrogen) atoms. The van der Waals surface area contributed by atoms with Gasteiger partial charge in [0.05, 0.1) is 0 Å². The number of hydrogen-bond donors (Lipinski definition) is 2. The van der Waals surface area contributed by atoms with Crippen LogP contribution in [0.5, 0.6) is 0 Å². The van der Waals surface area contributed by atoms with E-state index in [0.717, 1.165) is 18.7 Å². The van der Waals surface area contributed by atoms with Crippen molar-refractivity contribution in [2.45, 2.75) is 18.9 Å². The molecule has 0 saturated carbocycles. The molecule has 0 bridgehead atoms. The van der Waals surface area contributed by atoms with E-state index >= 15 is 0 Å². The van der Waals surface area contributed by atoms with Crippen molar-refractivity contribution in [1.82, 2.24) is 10.6 Å². The number of carbonyl (C=O) groups excluding carboxylic acids is 1. The van der Waals surface area contributed by atoms with Crippen LogP contribution in [0.2, 0.25) is 0 Å². The predicted molar refractivity (Wildman–Crippen MR) is 52.4 cm³/mol. The molecule has 0 aromatic heterocycles. The average Bonchev–Trinajstić information content (AvgIpc) is 2.53. The van der Waals surface area contributed by atoms with Crippen LogP contribution in [0.4, 0.5) is 0 Å². The van der Waals surface area contributed by atoms with Gasteiger partial charge in [-0.2, -0.15) is 11.8 Å². The lowest BCUT2D eigenvalue weighted by Crippen LogP contribution is -2.35. The highest BCUT2D eigenvalue weighted by molar-refractivity contribution is 7.99. The van der Waals surface area contributed by atoms with Crippen LogP contribution in [0, 0.1) is 0 Å². The van der Waals surface area contributed by atoms with E-state index in [1.54, 1.807) is 0 Å². The van der Waals surface area contributed by atoms with Crippen LogP contribution in [0.3, 0.4) is 0 Å². The number of hydrogen-bond acceptors (Lipinski definition) is 3. The van der Waals surface area contributed by atoms with E-state index in [0.29, 0.717) is 12.5 Å². The van der Waals surface area contributed by atoms with Crippen molar-refractivity contribution in [2.24, 2.45) is 0 Å². The Morgan fingerprint density at radius 3 is 3.08 bits per heavy atom. The van der Waals surface area contributed by atoms with Gasteiger partial charge in [-0.3, -0.25) is 4.79 Å². The molecule has 0 spiro atoms. The molecule has 4 heteroatoms. The quantitative estimate of drug-likeness (QED) is 0.663. The number of amides is 1. The highest BCUT2D eigenvalue weighted by atomic mass is 32.2. The van der Waals surface area contributed by atoms with Crippen molar-refractivity contribution in [3.05, 3.63) is 0 Å². The summed E-state index contributed by atoms with van der Waals surface area (Å²) < 4.78 is 0. The lowest BCUT2D eigenvalue weighted by atomic mass is 10.2. The molecule has 0 aromatic carbocycles. The van der Waals surface area contributed by atoms with Gasteiger partial charge >= 0.3 is 0 Å². The zero-order chi connectivity index (χ0) is 8.81. The zero-order valence-corrected chi connectivity index (χ0v) is 8.25. The summed E-state index contributed by atoms with van der Waals surface area (Å²) in [6.07, 6.45) is 1.73. The van der Waals surface area contributed by atoms with Crippen molar-refractivity contribution >= 4 is 17.7 Å². The summed E-state index contributed by atoms with van der Waals surface area (Å²) in [6, 6.07) is 0.430. The number of thioether (sulfide) groups is 1. The Balaban J connectivity index is 2.08. The molecule has 3 nitrogen and oxygen atoms in total. The van der Waals surface area contributed by atoms with Crippen LogP contribution in [-0.2, 0) is 4.79 Å². The van der Waals surface area contributed by atoms with Crippen LogP contribution >= 0.6 is 11.8 Å². The third-order valence-electron chi connectivity index (χ3n) is 1.90. The fourth-order valence-corrected chi connectivity index (χ4v) is 2.34. The van der Waals surface area contributed by atoms with E-state index in [4.69, 9.17) is 0 Å². The minimum absolute atomic E-state index is 0.178. The Kier molecular flexibility index (Phi) is 4.46. The molecular formula is C8H16N2OS. The minimum Gasteiger partial charge on any atom is -0.352 e. The minimum atomic E-state index is 0.178. The Hall–Kier alpha value is -0.220. The molecule has 2 N–H and O–H groups in total. The molecule has 1 atom stereocenters. The number of nitrogens with one attached hydrogen (secondary N) is 2. The van der Waals surface area contributed by atoms with E-state index in [2.05, 4.69) is 10.6 Å². The lowest BCUT2D eigenvalue weighted by Gasteiger charge is -2.10. The van der Waals surface area contributed by atoms with Gasteiger partial charge in [0.1, 0.15) is 0 Å². The molecule has 1 amide bonds. The average molecular weight is 188 g/mol. The Labute approximate surface area is 77.7 Å². The summed E-state index contributed by atoms with van der Waals surface area (Å²) >= 11 is 1.92. The molecule has 70 valence electrons. The van der Waals surface area contributed by atoms with Gasteiger partial charge in [-0.1, -0.05) is 0 Å². The molecule has 1 aliphatic heterocycles. The third kappa shape index (κ3) is 3.45. The fraction of sp³-hybridized carbons (Fsp3) is 0.875. The maximum Gasteiger partial charge on any atom is 0.221 e.